The van der Waals surface area contributed by atoms with Crippen molar-refractivity contribution in [3.8, 4) is 6.07 Å². The third kappa shape index (κ3) is 1.88. The molecule has 0 aliphatic heterocycles. The first-order valence-electron chi connectivity index (χ1n) is 3.17. The Bertz CT molecular complexity index is 321. The summed E-state index contributed by atoms with van der Waals surface area (Å²) in [7, 11) is 0. The maximum absolute atomic E-state index is 8.36. The van der Waals surface area contributed by atoms with Crippen molar-refractivity contribution in [2.75, 3.05) is 0 Å². The lowest BCUT2D eigenvalue weighted by molar-refractivity contribution is 0.394. The number of nitrogens with zero attached hydrogens (tertiary/aromatic N) is 2. The molecule has 58 valence electrons. The number of aromatic nitrogens is 2. The lowest BCUT2D eigenvalue weighted by Gasteiger charge is -1.97. The highest BCUT2D eigenvalue weighted by molar-refractivity contribution is 7.71. The summed E-state index contributed by atoms with van der Waals surface area (Å²) < 4.78 is 4.63. The number of nitriles is 1. The third-order valence-electron chi connectivity index (χ3n) is 1.32. The minimum atomic E-state index is 0.0560. The molecule has 0 aliphatic carbocycles. The number of aromatic amines is 1. The van der Waals surface area contributed by atoms with Crippen molar-refractivity contribution >= 4 is 12.2 Å². The van der Waals surface area contributed by atoms with Gasteiger partial charge in [0.15, 0.2) is 5.82 Å². The maximum Gasteiger partial charge on any atom is 0.294 e. The van der Waals surface area contributed by atoms with E-state index in [2.05, 4.69) is 26.9 Å². The molecule has 4 nitrogen and oxygen atoms in total. The number of H-pyrrole nitrogens is 1. The first kappa shape index (κ1) is 7.95. The number of hydrogen-bond acceptors (Lipinski definition) is 4. The second kappa shape index (κ2) is 3.30. The van der Waals surface area contributed by atoms with Crippen LogP contribution in [0, 0.1) is 16.2 Å². The van der Waals surface area contributed by atoms with Crippen molar-refractivity contribution < 1.29 is 4.52 Å². The first-order valence-corrected chi connectivity index (χ1v) is 3.57. The van der Waals surface area contributed by atoms with Crippen LogP contribution in [0.25, 0.3) is 0 Å². The second-order valence-electron chi connectivity index (χ2n) is 2.24. The van der Waals surface area contributed by atoms with Gasteiger partial charge in [-0.15, -0.1) is 0 Å². The molecule has 0 bridgehead atoms. The second-order valence-corrected chi connectivity index (χ2v) is 2.61. The summed E-state index contributed by atoms with van der Waals surface area (Å²) >= 11 is 4.67. The maximum atomic E-state index is 8.36. The molecule has 1 N–H and O–H groups in total. The Balaban J connectivity index is 2.78. The van der Waals surface area contributed by atoms with E-state index in [9.17, 15) is 0 Å². The molecule has 0 spiro atoms. The van der Waals surface area contributed by atoms with Gasteiger partial charge in [-0.2, -0.15) is 5.26 Å². The number of hydrogen-bond donors (Lipinski definition) is 1. The molecule has 0 amide bonds. The van der Waals surface area contributed by atoms with E-state index in [-0.39, 0.29) is 10.8 Å². The standard InChI is InChI=1S/C6H7N3OS/c1-4(2-3-7)5-8-6(11)10-9-5/h4H,2H2,1H3,(H,8,9,11)/t4-/m0/s1. The van der Waals surface area contributed by atoms with E-state index in [0.29, 0.717) is 12.2 Å². The van der Waals surface area contributed by atoms with Crippen molar-refractivity contribution in [3.63, 3.8) is 0 Å². The largest absolute Gasteiger partial charge is 0.324 e. The fourth-order valence-electron chi connectivity index (χ4n) is 0.688. The summed E-state index contributed by atoms with van der Waals surface area (Å²) in [4.78, 5) is 3.00. The van der Waals surface area contributed by atoms with Gasteiger partial charge in [-0.05, 0) is 12.2 Å². The molecular formula is C6H7N3OS. The molecule has 1 heterocycles. The van der Waals surface area contributed by atoms with Crippen molar-refractivity contribution in [1.29, 1.82) is 5.26 Å². The Morgan fingerprint density at radius 2 is 2.64 bits per heavy atom. The monoisotopic (exact) mass is 169 g/mol. The van der Waals surface area contributed by atoms with Crippen LogP contribution in [0.4, 0.5) is 0 Å². The fraction of sp³-hybridized carbons (Fsp3) is 0.500. The molecule has 1 aromatic heterocycles. The summed E-state index contributed by atoms with van der Waals surface area (Å²) in [6.45, 7) is 1.88. The van der Waals surface area contributed by atoms with E-state index in [0.717, 1.165) is 0 Å². The topological polar surface area (TPSA) is 65.6 Å². The quantitative estimate of drug-likeness (QED) is 0.685. The van der Waals surface area contributed by atoms with Gasteiger partial charge in [-0.25, -0.2) is 0 Å². The van der Waals surface area contributed by atoms with Crippen molar-refractivity contribution in [1.82, 2.24) is 10.1 Å². The van der Waals surface area contributed by atoms with Crippen LogP contribution in [0.2, 0.25) is 0 Å². The van der Waals surface area contributed by atoms with Gasteiger partial charge in [0.05, 0.1) is 6.07 Å². The highest BCUT2D eigenvalue weighted by atomic mass is 32.1. The first-order chi connectivity index (χ1) is 5.24. The Morgan fingerprint density at radius 3 is 3.09 bits per heavy atom. The van der Waals surface area contributed by atoms with Gasteiger partial charge in [-0.3, -0.25) is 4.98 Å². The summed E-state index contributed by atoms with van der Waals surface area (Å²) in [6, 6.07) is 2.04. The van der Waals surface area contributed by atoms with E-state index >= 15 is 0 Å². The summed E-state index contributed by atoms with van der Waals surface area (Å²) in [5, 5.41) is 12.0. The summed E-state index contributed by atoms with van der Waals surface area (Å²) in [6.07, 6.45) is 0.414. The molecule has 1 rings (SSSR count). The molecule has 0 aromatic carbocycles. The van der Waals surface area contributed by atoms with Gasteiger partial charge >= 0.3 is 0 Å². The van der Waals surface area contributed by atoms with E-state index in [1.807, 2.05) is 13.0 Å². The lowest BCUT2D eigenvalue weighted by Crippen LogP contribution is -1.93. The van der Waals surface area contributed by atoms with Crippen LogP contribution in [0.3, 0.4) is 0 Å². The Morgan fingerprint density at radius 1 is 1.91 bits per heavy atom. The summed E-state index contributed by atoms with van der Waals surface area (Å²) in [5.74, 6) is 0.692. The number of nitrogens with one attached hydrogen (secondary N) is 1. The van der Waals surface area contributed by atoms with Crippen LogP contribution < -0.4 is 0 Å². The Hall–Kier alpha value is -1.15. The van der Waals surface area contributed by atoms with Crippen molar-refractivity contribution in [3.05, 3.63) is 10.7 Å². The molecule has 0 saturated carbocycles. The number of rotatable bonds is 2. The molecule has 0 fully saturated rings. The van der Waals surface area contributed by atoms with E-state index < -0.39 is 0 Å². The molecule has 5 heteroatoms. The molecule has 1 atom stereocenters. The van der Waals surface area contributed by atoms with E-state index in [1.54, 1.807) is 0 Å². The average Bonchev–Trinajstić information content (AvgIpc) is 2.36. The molecular weight excluding hydrogens is 162 g/mol. The van der Waals surface area contributed by atoms with Crippen LogP contribution in [0.15, 0.2) is 4.52 Å². The van der Waals surface area contributed by atoms with Gasteiger partial charge in [-0.1, -0.05) is 12.1 Å². The van der Waals surface area contributed by atoms with Gasteiger partial charge in [0.25, 0.3) is 4.84 Å². The molecule has 0 aliphatic rings. The zero-order valence-electron chi connectivity index (χ0n) is 6.00. The normalized spacial score (nSPS) is 12.4. The van der Waals surface area contributed by atoms with Crippen molar-refractivity contribution in [2.45, 2.75) is 19.3 Å². The molecule has 11 heavy (non-hydrogen) atoms. The Labute approximate surface area is 68.8 Å². The van der Waals surface area contributed by atoms with Crippen LogP contribution >= 0.6 is 12.2 Å². The SMILES string of the molecule is C[C@@H](CC#N)c1noc(=S)[nH]1. The minimum Gasteiger partial charge on any atom is -0.324 e. The minimum absolute atomic E-state index is 0.0560. The predicted molar refractivity (Wildman–Crippen MR) is 40.3 cm³/mol. The van der Waals surface area contributed by atoms with Gasteiger partial charge < -0.3 is 4.52 Å². The van der Waals surface area contributed by atoms with E-state index in [1.165, 1.54) is 0 Å². The molecule has 1 aromatic rings. The molecule has 0 unspecified atom stereocenters. The zero-order chi connectivity index (χ0) is 8.27. The highest BCUT2D eigenvalue weighted by Gasteiger charge is 2.08. The van der Waals surface area contributed by atoms with Gasteiger partial charge in [0.1, 0.15) is 0 Å². The summed E-state index contributed by atoms with van der Waals surface area (Å²) in [5.41, 5.74) is 0. The molecule has 0 saturated heterocycles. The Kier molecular flexibility index (Phi) is 2.39. The zero-order valence-corrected chi connectivity index (χ0v) is 6.81. The lowest BCUT2D eigenvalue weighted by atomic mass is 10.1. The van der Waals surface area contributed by atoms with Gasteiger partial charge in [0.2, 0.25) is 0 Å². The fourth-order valence-corrected chi connectivity index (χ4v) is 0.829. The molecule has 0 radical (unpaired) electrons. The van der Waals surface area contributed by atoms with E-state index in [4.69, 9.17) is 5.26 Å². The van der Waals surface area contributed by atoms with Crippen molar-refractivity contribution in [2.24, 2.45) is 0 Å². The third-order valence-corrected chi connectivity index (χ3v) is 1.50. The van der Waals surface area contributed by atoms with Crippen LogP contribution in [0.1, 0.15) is 25.1 Å². The average molecular weight is 169 g/mol. The van der Waals surface area contributed by atoms with Gasteiger partial charge in [0, 0.05) is 12.3 Å². The highest BCUT2D eigenvalue weighted by Crippen LogP contribution is 2.12. The predicted octanol–water partition coefficient (Wildman–Crippen LogP) is 1.75. The van der Waals surface area contributed by atoms with Crippen LogP contribution in [-0.2, 0) is 0 Å². The smallest absolute Gasteiger partial charge is 0.294 e. The van der Waals surface area contributed by atoms with Crippen LogP contribution in [0.5, 0.6) is 0 Å². The van der Waals surface area contributed by atoms with Crippen LogP contribution in [-0.4, -0.2) is 10.1 Å².